The Morgan fingerprint density at radius 3 is 2.78 bits per heavy atom. The van der Waals surface area contributed by atoms with E-state index in [9.17, 15) is 4.79 Å². The zero-order valence-corrected chi connectivity index (χ0v) is 14.5. The van der Waals surface area contributed by atoms with Crippen LogP contribution in [-0.4, -0.2) is 27.4 Å². The van der Waals surface area contributed by atoms with Crippen molar-refractivity contribution in [3.63, 3.8) is 0 Å². The molecule has 0 unspecified atom stereocenters. The molecule has 130 valence electrons. The van der Waals surface area contributed by atoms with Gasteiger partial charge >= 0.3 is 0 Å². The lowest BCUT2D eigenvalue weighted by Crippen LogP contribution is -2.13. The van der Waals surface area contributed by atoms with Crippen molar-refractivity contribution in [3.8, 4) is 0 Å². The summed E-state index contributed by atoms with van der Waals surface area (Å²) in [5, 5.41) is 13.3. The lowest BCUT2D eigenvalue weighted by atomic mass is 10.1. The maximum Gasteiger partial charge on any atom is 0.276 e. The maximum absolute atomic E-state index is 12.1. The summed E-state index contributed by atoms with van der Waals surface area (Å²) in [7, 11) is 2.03. The fourth-order valence-corrected chi connectivity index (χ4v) is 3.49. The molecule has 0 saturated carbocycles. The van der Waals surface area contributed by atoms with E-state index in [-0.39, 0.29) is 5.91 Å². The van der Waals surface area contributed by atoms with E-state index in [2.05, 4.69) is 37.2 Å². The summed E-state index contributed by atoms with van der Waals surface area (Å²) in [5.41, 5.74) is 4.73. The van der Waals surface area contributed by atoms with Gasteiger partial charge in [-0.25, -0.2) is 0 Å². The first-order valence-corrected chi connectivity index (χ1v) is 8.57. The molecule has 27 heavy (non-hydrogen) atoms. The van der Waals surface area contributed by atoms with Crippen LogP contribution in [0.5, 0.6) is 0 Å². The van der Waals surface area contributed by atoms with Gasteiger partial charge in [-0.3, -0.25) is 9.78 Å². The van der Waals surface area contributed by atoms with Gasteiger partial charge in [-0.15, -0.1) is 5.10 Å². The van der Waals surface area contributed by atoms with Gasteiger partial charge in [0, 0.05) is 28.9 Å². The molecule has 1 aliphatic rings. The van der Waals surface area contributed by atoms with Crippen molar-refractivity contribution in [2.45, 2.75) is 0 Å². The van der Waals surface area contributed by atoms with E-state index in [1.807, 2.05) is 55.7 Å². The van der Waals surface area contributed by atoms with Gasteiger partial charge in [0.25, 0.3) is 5.91 Å². The van der Waals surface area contributed by atoms with E-state index in [0.29, 0.717) is 11.4 Å². The monoisotopic (exact) mass is 353 g/mol. The average Bonchev–Trinajstić information content (AvgIpc) is 3.17. The third kappa shape index (κ3) is 2.42. The molecule has 3 heterocycles. The van der Waals surface area contributed by atoms with Gasteiger partial charge in [-0.05, 0) is 18.2 Å². The predicted octanol–water partition coefficient (Wildman–Crippen LogP) is 3.50. The molecule has 6 nitrogen and oxygen atoms in total. The molecular weight excluding hydrogens is 338 g/mol. The van der Waals surface area contributed by atoms with Crippen LogP contribution in [0.2, 0.25) is 0 Å². The summed E-state index contributed by atoms with van der Waals surface area (Å²) in [5.74, 6) is -0.245. The molecule has 0 atom stereocenters. The van der Waals surface area contributed by atoms with Gasteiger partial charge in [-0.1, -0.05) is 36.4 Å². The van der Waals surface area contributed by atoms with Crippen LogP contribution >= 0.6 is 0 Å². The Kier molecular flexibility index (Phi) is 3.36. The standard InChI is InChI=1S/C21H15N5O/c1-26-18-9-5-3-6-14(18)16-10-13(22-12-19(16)26)11-23-25-20-15-7-2-4-8-17(15)24-21(20)27/h2-12H,1H3,(H,24,25,27). The summed E-state index contributed by atoms with van der Waals surface area (Å²) >= 11 is 0. The molecule has 4 aromatic rings. The Hall–Kier alpha value is -3.80. The van der Waals surface area contributed by atoms with Crippen LogP contribution in [0.4, 0.5) is 5.69 Å². The summed E-state index contributed by atoms with van der Waals surface area (Å²) < 4.78 is 2.12. The Labute approximate surface area is 154 Å². The molecule has 2 aromatic carbocycles. The van der Waals surface area contributed by atoms with Crippen LogP contribution in [-0.2, 0) is 11.8 Å². The Morgan fingerprint density at radius 2 is 1.85 bits per heavy atom. The van der Waals surface area contributed by atoms with E-state index < -0.39 is 0 Å². The van der Waals surface area contributed by atoms with Crippen molar-refractivity contribution in [3.05, 3.63) is 72.1 Å². The number of aryl methyl sites for hydroxylation is 1. The zero-order chi connectivity index (χ0) is 18.4. The second-order valence-corrected chi connectivity index (χ2v) is 6.40. The van der Waals surface area contributed by atoms with Crippen LogP contribution < -0.4 is 5.32 Å². The fraction of sp³-hybridized carbons (Fsp3) is 0.0476. The van der Waals surface area contributed by atoms with Crippen molar-refractivity contribution in [2.75, 3.05) is 5.32 Å². The molecule has 5 rings (SSSR count). The molecule has 0 aliphatic carbocycles. The molecular formula is C21H15N5O. The number of pyridine rings is 1. The van der Waals surface area contributed by atoms with Gasteiger partial charge in [0.15, 0.2) is 5.71 Å². The number of benzene rings is 2. The maximum atomic E-state index is 12.1. The van der Waals surface area contributed by atoms with Crippen LogP contribution in [0, 0.1) is 0 Å². The number of rotatable bonds is 2. The van der Waals surface area contributed by atoms with Gasteiger partial charge in [0.2, 0.25) is 0 Å². The van der Waals surface area contributed by atoms with Gasteiger partial charge in [-0.2, -0.15) is 5.10 Å². The number of aromatic nitrogens is 2. The highest BCUT2D eigenvalue weighted by molar-refractivity contribution is 6.53. The topological polar surface area (TPSA) is 71.6 Å². The SMILES string of the molecule is Cn1c2ccccc2c2cc(C=NN=C3C(=O)Nc4ccccc43)ncc21. The van der Waals surface area contributed by atoms with Gasteiger partial charge in [0.05, 0.1) is 29.3 Å². The Morgan fingerprint density at radius 1 is 1.04 bits per heavy atom. The summed E-state index contributed by atoms with van der Waals surface area (Å²) in [6.07, 6.45) is 3.41. The molecule has 0 fully saturated rings. The van der Waals surface area contributed by atoms with Crippen molar-refractivity contribution in [2.24, 2.45) is 17.3 Å². The summed E-state index contributed by atoms with van der Waals surface area (Å²) in [6.45, 7) is 0. The van der Waals surface area contributed by atoms with Crippen LogP contribution in [0.25, 0.3) is 21.8 Å². The van der Waals surface area contributed by atoms with Crippen molar-refractivity contribution in [1.29, 1.82) is 0 Å². The Bertz CT molecular complexity index is 1280. The molecule has 0 radical (unpaired) electrons. The molecule has 1 N–H and O–H groups in total. The highest BCUT2D eigenvalue weighted by Crippen LogP contribution is 2.27. The van der Waals surface area contributed by atoms with Crippen molar-refractivity contribution in [1.82, 2.24) is 9.55 Å². The lowest BCUT2D eigenvalue weighted by molar-refractivity contribution is -0.110. The number of amides is 1. The molecule has 1 amide bonds. The number of nitrogens with zero attached hydrogens (tertiary/aromatic N) is 4. The summed E-state index contributed by atoms with van der Waals surface area (Å²) in [4.78, 5) is 16.5. The molecule has 6 heteroatoms. The summed E-state index contributed by atoms with van der Waals surface area (Å²) in [6, 6.07) is 17.7. The number of hydrogen-bond acceptors (Lipinski definition) is 4. The number of anilines is 1. The first-order chi connectivity index (χ1) is 13.2. The predicted molar refractivity (Wildman–Crippen MR) is 107 cm³/mol. The Balaban J connectivity index is 1.54. The number of hydrogen-bond donors (Lipinski definition) is 1. The second kappa shape index (κ2) is 5.88. The minimum absolute atomic E-state index is 0.245. The van der Waals surface area contributed by atoms with Crippen molar-refractivity contribution >= 4 is 45.3 Å². The number of fused-ring (bicyclic) bond motifs is 4. The highest BCUT2D eigenvalue weighted by atomic mass is 16.2. The van der Waals surface area contributed by atoms with Gasteiger partial charge < -0.3 is 9.88 Å². The van der Waals surface area contributed by atoms with Gasteiger partial charge in [0.1, 0.15) is 0 Å². The molecule has 0 saturated heterocycles. The number of carbonyl (C=O) groups excluding carboxylic acids is 1. The third-order valence-electron chi connectivity index (χ3n) is 4.81. The minimum atomic E-state index is -0.245. The van der Waals surface area contributed by atoms with E-state index in [4.69, 9.17) is 0 Å². The lowest BCUT2D eigenvalue weighted by Gasteiger charge is -1.97. The smallest absolute Gasteiger partial charge is 0.276 e. The number of nitrogens with one attached hydrogen (secondary N) is 1. The normalized spacial score (nSPS) is 15.1. The van der Waals surface area contributed by atoms with E-state index >= 15 is 0 Å². The van der Waals surface area contributed by atoms with E-state index in [0.717, 1.165) is 27.7 Å². The van der Waals surface area contributed by atoms with Crippen LogP contribution in [0.15, 0.2) is 71.0 Å². The van der Waals surface area contributed by atoms with E-state index in [1.54, 1.807) is 6.21 Å². The quantitative estimate of drug-likeness (QED) is 0.442. The van der Waals surface area contributed by atoms with E-state index in [1.165, 1.54) is 5.39 Å². The number of para-hydroxylation sites is 2. The fourth-order valence-electron chi connectivity index (χ4n) is 3.49. The zero-order valence-electron chi connectivity index (χ0n) is 14.5. The first kappa shape index (κ1) is 15.5. The van der Waals surface area contributed by atoms with Crippen molar-refractivity contribution < 1.29 is 4.79 Å². The largest absolute Gasteiger partial charge is 0.342 e. The highest BCUT2D eigenvalue weighted by Gasteiger charge is 2.25. The van der Waals surface area contributed by atoms with Crippen LogP contribution in [0.3, 0.4) is 0 Å². The first-order valence-electron chi connectivity index (χ1n) is 8.57. The van der Waals surface area contributed by atoms with Crippen LogP contribution in [0.1, 0.15) is 11.3 Å². The minimum Gasteiger partial charge on any atom is -0.342 e. The number of carbonyl (C=O) groups is 1. The second-order valence-electron chi connectivity index (χ2n) is 6.40. The molecule has 2 aromatic heterocycles. The third-order valence-corrected chi connectivity index (χ3v) is 4.81. The molecule has 0 spiro atoms. The molecule has 1 aliphatic heterocycles. The molecule has 0 bridgehead atoms. The average molecular weight is 353 g/mol.